The Kier molecular flexibility index (Phi) is 9.96. The third-order valence-corrected chi connectivity index (χ3v) is 5.36. The number of carboxylic acids is 1. The number of benzene rings is 1. The van der Waals surface area contributed by atoms with Crippen LogP contribution in [0.15, 0.2) is 30.3 Å². The first-order valence-electron chi connectivity index (χ1n) is 10.7. The van der Waals surface area contributed by atoms with Gasteiger partial charge in [0.25, 0.3) is 0 Å². The zero-order valence-corrected chi connectivity index (χ0v) is 17.9. The second kappa shape index (κ2) is 12.7. The van der Waals surface area contributed by atoms with E-state index in [9.17, 15) is 24.3 Å². The molecule has 170 valence electrons. The lowest BCUT2D eigenvalue weighted by molar-refractivity contribution is -0.140. The molecule has 0 bridgehead atoms. The van der Waals surface area contributed by atoms with Crippen molar-refractivity contribution in [3.63, 3.8) is 0 Å². The standard InChI is InChI=1S/C22H32N4O5/c1-23-20(28)16-9-5-6-14-24-19(27)13-12-18(22(30)31)25-17(21(29)26-16)11-10-15-7-3-2-4-8-15/h2-4,7-8,16-18,25H,5-6,9-14H2,1H3,(H,23,28)(H,24,27)(H,26,29)(H,30,31)/t16?,17?,18-/m1/s1. The Morgan fingerprint density at radius 1 is 1.10 bits per heavy atom. The van der Waals surface area contributed by atoms with Crippen molar-refractivity contribution in [2.75, 3.05) is 13.6 Å². The second-order valence-corrected chi connectivity index (χ2v) is 7.69. The number of carboxylic acid groups (broad SMARTS) is 1. The Hall–Kier alpha value is -2.94. The van der Waals surface area contributed by atoms with Crippen LogP contribution in [-0.2, 0) is 25.6 Å². The van der Waals surface area contributed by atoms with E-state index in [0.29, 0.717) is 38.6 Å². The zero-order chi connectivity index (χ0) is 22.6. The van der Waals surface area contributed by atoms with Crippen LogP contribution >= 0.6 is 0 Å². The summed E-state index contributed by atoms with van der Waals surface area (Å²) in [5.41, 5.74) is 1.02. The number of rotatable bonds is 5. The number of hydrogen-bond donors (Lipinski definition) is 5. The number of carbonyl (C=O) groups is 4. The summed E-state index contributed by atoms with van der Waals surface area (Å²) in [4.78, 5) is 49.1. The molecule has 2 rings (SSSR count). The lowest BCUT2D eigenvalue weighted by atomic mass is 10.0. The minimum atomic E-state index is -1.12. The molecule has 0 spiro atoms. The van der Waals surface area contributed by atoms with Crippen molar-refractivity contribution in [2.45, 2.75) is 63.1 Å². The molecular weight excluding hydrogens is 400 g/mol. The van der Waals surface area contributed by atoms with Gasteiger partial charge in [-0.3, -0.25) is 24.5 Å². The van der Waals surface area contributed by atoms with E-state index < -0.39 is 30.0 Å². The summed E-state index contributed by atoms with van der Waals surface area (Å²) in [6, 6.07) is 6.97. The van der Waals surface area contributed by atoms with Gasteiger partial charge in [0.15, 0.2) is 0 Å². The van der Waals surface area contributed by atoms with E-state index in [1.165, 1.54) is 7.05 Å². The fourth-order valence-electron chi connectivity index (χ4n) is 3.55. The molecule has 3 atom stereocenters. The molecule has 5 N–H and O–H groups in total. The van der Waals surface area contributed by atoms with E-state index >= 15 is 0 Å². The van der Waals surface area contributed by atoms with Crippen LogP contribution in [0.1, 0.15) is 44.1 Å². The van der Waals surface area contributed by atoms with Crippen LogP contribution in [0, 0.1) is 0 Å². The van der Waals surface area contributed by atoms with Crippen molar-refractivity contribution in [3.8, 4) is 0 Å². The van der Waals surface area contributed by atoms with Gasteiger partial charge >= 0.3 is 5.97 Å². The highest BCUT2D eigenvalue weighted by Crippen LogP contribution is 2.10. The Bertz CT molecular complexity index is 756. The van der Waals surface area contributed by atoms with Crippen LogP contribution in [0.4, 0.5) is 0 Å². The monoisotopic (exact) mass is 432 g/mol. The summed E-state index contributed by atoms with van der Waals surface area (Å²) in [6.07, 6.45) is 2.77. The maximum Gasteiger partial charge on any atom is 0.320 e. The van der Waals surface area contributed by atoms with Crippen molar-refractivity contribution in [1.82, 2.24) is 21.3 Å². The second-order valence-electron chi connectivity index (χ2n) is 7.69. The van der Waals surface area contributed by atoms with Gasteiger partial charge in [-0.1, -0.05) is 30.3 Å². The predicted molar refractivity (Wildman–Crippen MR) is 115 cm³/mol. The van der Waals surface area contributed by atoms with E-state index in [0.717, 1.165) is 5.56 Å². The Balaban J connectivity index is 2.21. The van der Waals surface area contributed by atoms with Gasteiger partial charge in [-0.05, 0) is 44.1 Å². The third-order valence-electron chi connectivity index (χ3n) is 5.36. The SMILES string of the molecule is CNC(=O)C1CCCCNC(=O)CC[C@H](C(=O)O)NC(CCc2ccccc2)C(=O)N1. The Morgan fingerprint density at radius 2 is 1.84 bits per heavy atom. The van der Waals surface area contributed by atoms with Gasteiger partial charge in [-0.2, -0.15) is 0 Å². The molecule has 1 aromatic rings. The molecule has 1 aliphatic rings. The molecule has 0 radical (unpaired) electrons. The average molecular weight is 433 g/mol. The van der Waals surface area contributed by atoms with E-state index in [1.807, 2.05) is 30.3 Å². The first-order chi connectivity index (χ1) is 14.9. The lowest BCUT2D eigenvalue weighted by Crippen LogP contribution is -2.55. The number of nitrogens with one attached hydrogen (secondary N) is 4. The summed E-state index contributed by atoms with van der Waals surface area (Å²) in [7, 11) is 1.51. The van der Waals surface area contributed by atoms with Crippen molar-refractivity contribution >= 4 is 23.7 Å². The molecule has 0 aromatic heterocycles. The maximum absolute atomic E-state index is 13.0. The van der Waals surface area contributed by atoms with Crippen LogP contribution in [-0.4, -0.2) is 60.5 Å². The first-order valence-corrected chi connectivity index (χ1v) is 10.7. The van der Waals surface area contributed by atoms with Gasteiger partial charge in [0.2, 0.25) is 17.7 Å². The summed E-state index contributed by atoms with van der Waals surface area (Å²) < 4.78 is 0. The van der Waals surface area contributed by atoms with Gasteiger partial charge in [0.1, 0.15) is 12.1 Å². The number of aryl methyl sites for hydroxylation is 1. The van der Waals surface area contributed by atoms with Crippen molar-refractivity contribution in [1.29, 1.82) is 0 Å². The lowest BCUT2D eigenvalue weighted by Gasteiger charge is -2.26. The fourth-order valence-corrected chi connectivity index (χ4v) is 3.55. The number of hydrogen-bond acceptors (Lipinski definition) is 5. The number of carbonyl (C=O) groups excluding carboxylic acids is 3. The highest BCUT2D eigenvalue weighted by Gasteiger charge is 2.29. The van der Waals surface area contributed by atoms with Gasteiger partial charge in [0, 0.05) is 20.0 Å². The highest BCUT2D eigenvalue weighted by atomic mass is 16.4. The van der Waals surface area contributed by atoms with Crippen molar-refractivity contribution in [3.05, 3.63) is 35.9 Å². The molecule has 0 saturated carbocycles. The van der Waals surface area contributed by atoms with Crippen LogP contribution in [0.2, 0.25) is 0 Å². The Morgan fingerprint density at radius 3 is 2.52 bits per heavy atom. The van der Waals surface area contributed by atoms with Gasteiger partial charge < -0.3 is 21.1 Å². The van der Waals surface area contributed by atoms with Crippen LogP contribution in [0.5, 0.6) is 0 Å². The number of aliphatic carboxylic acids is 1. The molecule has 1 aliphatic heterocycles. The van der Waals surface area contributed by atoms with Crippen molar-refractivity contribution in [2.24, 2.45) is 0 Å². The van der Waals surface area contributed by atoms with Crippen LogP contribution < -0.4 is 21.3 Å². The summed E-state index contributed by atoms with van der Waals surface area (Å²) in [5.74, 6) is -2.07. The molecule has 0 aliphatic carbocycles. The quantitative estimate of drug-likeness (QED) is 0.455. The first kappa shape index (κ1) is 24.3. The Labute approximate surface area is 182 Å². The largest absolute Gasteiger partial charge is 0.480 e. The number of amides is 3. The summed E-state index contributed by atoms with van der Waals surface area (Å²) >= 11 is 0. The molecule has 2 unspecified atom stereocenters. The van der Waals surface area contributed by atoms with Crippen molar-refractivity contribution < 1.29 is 24.3 Å². The van der Waals surface area contributed by atoms with E-state index in [1.54, 1.807) is 0 Å². The zero-order valence-electron chi connectivity index (χ0n) is 17.9. The normalized spacial score (nSPS) is 23.7. The highest BCUT2D eigenvalue weighted by molar-refractivity contribution is 5.90. The summed E-state index contributed by atoms with van der Waals surface area (Å²) in [6.45, 7) is 0.443. The molecule has 3 amide bonds. The van der Waals surface area contributed by atoms with Gasteiger partial charge in [-0.15, -0.1) is 0 Å². The molecular formula is C22H32N4O5. The molecule has 1 saturated heterocycles. The topological polar surface area (TPSA) is 137 Å². The maximum atomic E-state index is 13.0. The van der Waals surface area contributed by atoms with Crippen LogP contribution in [0.3, 0.4) is 0 Å². The fraction of sp³-hybridized carbons (Fsp3) is 0.545. The molecule has 1 fully saturated rings. The number of likely N-dealkylation sites (N-methyl/N-ethyl adjacent to an activating group) is 1. The van der Waals surface area contributed by atoms with Gasteiger partial charge in [-0.25, -0.2) is 0 Å². The molecule has 1 heterocycles. The molecule has 9 nitrogen and oxygen atoms in total. The van der Waals surface area contributed by atoms with E-state index in [4.69, 9.17) is 0 Å². The van der Waals surface area contributed by atoms with Crippen LogP contribution in [0.25, 0.3) is 0 Å². The van der Waals surface area contributed by atoms with Gasteiger partial charge in [0.05, 0.1) is 6.04 Å². The van der Waals surface area contributed by atoms with E-state index in [2.05, 4.69) is 21.3 Å². The average Bonchev–Trinajstić information content (AvgIpc) is 2.76. The molecule has 9 heteroatoms. The smallest absolute Gasteiger partial charge is 0.320 e. The molecule has 31 heavy (non-hydrogen) atoms. The van der Waals surface area contributed by atoms with E-state index in [-0.39, 0.29) is 24.7 Å². The minimum absolute atomic E-state index is 0.0534. The summed E-state index contributed by atoms with van der Waals surface area (Å²) in [5, 5.41) is 20.6. The minimum Gasteiger partial charge on any atom is -0.480 e. The predicted octanol–water partition coefficient (Wildman–Crippen LogP) is 0.342. The molecule has 1 aromatic carbocycles. The third kappa shape index (κ3) is 8.37.